The molecule has 4 N–H and O–H groups in total. The lowest BCUT2D eigenvalue weighted by Gasteiger charge is -2.18. The van der Waals surface area contributed by atoms with Gasteiger partial charge in [-0.1, -0.05) is 6.07 Å². The van der Waals surface area contributed by atoms with Crippen LogP contribution in [0.2, 0.25) is 0 Å². The minimum atomic E-state index is -1.23. The number of carbonyl (C=O) groups is 2. The summed E-state index contributed by atoms with van der Waals surface area (Å²) in [4.78, 5) is 21.5. The average molecular weight is 285 g/mol. The summed E-state index contributed by atoms with van der Waals surface area (Å²) in [7, 11) is 1.31. The minimum Gasteiger partial charge on any atom is -0.595 e. The molecule has 0 aliphatic carbocycles. The highest BCUT2D eigenvalue weighted by Gasteiger charge is 2.22. The summed E-state index contributed by atoms with van der Waals surface area (Å²) in [5.74, 6) is -2.97. The van der Waals surface area contributed by atoms with Gasteiger partial charge < -0.3 is 20.2 Å². The molecule has 0 spiro atoms. The fourth-order valence-electron chi connectivity index (χ4n) is 1.88. The van der Waals surface area contributed by atoms with Crippen molar-refractivity contribution in [2.75, 3.05) is 7.11 Å². The molecule has 1 atom stereocenters. The lowest BCUT2D eigenvalue weighted by atomic mass is 9.92. The van der Waals surface area contributed by atoms with Gasteiger partial charge in [0.15, 0.2) is 5.75 Å². The highest BCUT2D eigenvalue weighted by atomic mass is 16.8. The van der Waals surface area contributed by atoms with Crippen LogP contribution >= 0.6 is 0 Å². The largest absolute Gasteiger partial charge is 0.595 e. The van der Waals surface area contributed by atoms with E-state index in [9.17, 15) is 14.8 Å². The number of benzene rings is 1. The maximum absolute atomic E-state index is 11.1. The van der Waals surface area contributed by atoms with E-state index in [4.69, 9.17) is 20.2 Å². The van der Waals surface area contributed by atoms with Gasteiger partial charge in [-0.15, -0.1) is 0 Å². The Kier molecular flexibility index (Phi) is 5.44. The van der Waals surface area contributed by atoms with Crippen LogP contribution in [0.25, 0.3) is 0 Å². The van der Waals surface area contributed by atoms with E-state index in [1.807, 2.05) is 0 Å². The van der Waals surface area contributed by atoms with Gasteiger partial charge in [0.1, 0.15) is 0 Å². The summed E-state index contributed by atoms with van der Waals surface area (Å²) in [6.45, 7) is 0. The molecule has 20 heavy (non-hydrogen) atoms. The summed E-state index contributed by atoms with van der Waals surface area (Å²) in [5.41, 5.74) is 0.207. The number of methoxy groups -OCH3 is 1. The van der Waals surface area contributed by atoms with Crippen molar-refractivity contribution in [1.29, 1.82) is 0 Å². The van der Waals surface area contributed by atoms with Crippen LogP contribution in [0.1, 0.15) is 24.3 Å². The normalized spacial score (nSPS) is 12.2. The molecule has 1 rings (SSSR count). The van der Waals surface area contributed by atoms with Gasteiger partial charge in [0, 0.05) is 12.0 Å². The van der Waals surface area contributed by atoms with E-state index in [2.05, 4.69) is 0 Å². The first-order chi connectivity index (χ1) is 9.35. The third-order valence-electron chi connectivity index (χ3n) is 2.77. The van der Waals surface area contributed by atoms with E-state index in [1.54, 1.807) is 0 Å². The van der Waals surface area contributed by atoms with Crippen LogP contribution in [0, 0.1) is 5.21 Å². The van der Waals surface area contributed by atoms with Gasteiger partial charge in [-0.05, 0) is 11.6 Å². The first-order valence-electron chi connectivity index (χ1n) is 5.70. The highest BCUT2D eigenvalue weighted by molar-refractivity contribution is 5.72. The third-order valence-corrected chi connectivity index (χ3v) is 2.77. The van der Waals surface area contributed by atoms with Gasteiger partial charge in [0.05, 0.1) is 20.0 Å². The second-order valence-electron chi connectivity index (χ2n) is 4.16. The monoisotopic (exact) mass is 285 g/mol. The van der Waals surface area contributed by atoms with Gasteiger partial charge >= 0.3 is 11.9 Å². The third kappa shape index (κ3) is 4.19. The lowest BCUT2D eigenvalue weighted by molar-refractivity contribution is -0.991. The summed E-state index contributed by atoms with van der Waals surface area (Å²) < 4.78 is 4.89. The second kappa shape index (κ2) is 6.85. The van der Waals surface area contributed by atoms with Crippen LogP contribution in [0.4, 0.5) is 5.69 Å². The average Bonchev–Trinajstić information content (AvgIpc) is 2.36. The van der Waals surface area contributed by atoms with Crippen molar-refractivity contribution in [3.05, 3.63) is 29.0 Å². The smallest absolute Gasteiger partial charge is 0.303 e. The number of carboxylic acids is 2. The van der Waals surface area contributed by atoms with Crippen molar-refractivity contribution in [3.63, 3.8) is 0 Å². The summed E-state index contributed by atoms with van der Waals surface area (Å²) in [6.07, 6.45) is -0.782. The maximum Gasteiger partial charge on any atom is 0.303 e. The van der Waals surface area contributed by atoms with Crippen molar-refractivity contribution in [2.24, 2.45) is 0 Å². The predicted molar refractivity (Wildman–Crippen MR) is 66.0 cm³/mol. The Morgan fingerprint density at radius 3 is 2.25 bits per heavy atom. The molecule has 0 amide bonds. The second-order valence-corrected chi connectivity index (χ2v) is 4.16. The highest BCUT2D eigenvalue weighted by Crippen LogP contribution is 2.29. The number of rotatable bonds is 7. The number of hydrogen-bond donors (Lipinski definition) is 4. The minimum absolute atomic E-state index is 0.130. The van der Waals surface area contributed by atoms with Gasteiger partial charge in [-0.3, -0.25) is 9.59 Å². The molecule has 8 heteroatoms. The number of carboxylic acid groups (broad SMARTS) is 2. The Morgan fingerprint density at radius 2 is 1.85 bits per heavy atom. The standard InChI is InChI=1S/C12H15NO7/c1-20-10-3-2-7(4-9(10)13(18)19)8(5-11(14)15)6-12(16)17/h2-4,8,13,18H,5-6H2,1H3,(H,14,15)(H,16,17). The Bertz CT molecular complexity index is 485. The van der Waals surface area contributed by atoms with Crippen molar-refractivity contribution in [2.45, 2.75) is 18.8 Å². The number of ether oxygens (including phenoxy) is 1. The Labute approximate surface area is 114 Å². The van der Waals surface area contributed by atoms with Crippen molar-refractivity contribution < 1.29 is 35.0 Å². The summed E-state index contributed by atoms with van der Waals surface area (Å²) in [5, 5.41) is 36.5. The molecule has 0 radical (unpaired) electrons. The lowest BCUT2D eigenvalue weighted by Crippen LogP contribution is -2.99. The molecule has 1 aromatic carbocycles. The van der Waals surface area contributed by atoms with Crippen LogP contribution in [-0.4, -0.2) is 34.5 Å². The molecule has 110 valence electrons. The van der Waals surface area contributed by atoms with E-state index in [0.717, 1.165) is 0 Å². The van der Waals surface area contributed by atoms with Crippen molar-refractivity contribution >= 4 is 17.6 Å². The van der Waals surface area contributed by atoms with Crippen molar-refractivity contribution in [1.82, 2.24) is 0 Å². The molecule has 0 saturated carbocycles. The van der Waals surface area contributed by atoms with Crippen LogP contribution in [0.5, 0.6) is 5.75 Å². The topological polar surface area (TPSA) is 132 Å². The molecular formula is C12H15NO7. The fraction of sp³-hybridized carbons (Fsp3) is 0.333. The van der Waals surface area contributed by atoms with Gasteiger partial charge in [-0.2, -0.15) is 5.23 Å². The molecule has 0 aromatic heterocycles. The molecule has 0 fully saturated rings. The number of hydrogen-bond acceptors (Lipinski definition) is 5. The van der Waals surface area contributed by atoms with E-state index in [0.29, 0.717) is 5.56 Å². The number of quaternary nitrogens is 1. The maximum atomic E-state index is 11.1. The fourth-order valence-corrected chi connectivity index (χ4v) is 1.88. The van der Waals surface area contributed by atoms with E-state index < -0.39 is 35.9 Å². The molecular weight excluding hydrogens is 270 g/mol. The van der Waals surface area contributed by atoms with Crippen LogP contribution in [-0.2, 0) is 9.59 Å². The van der Waals surface area contributed by atoms with Crippen LogP contribution in [0.15, 0.2) is 18.2 Å². The molecule has 0 aliphatic heterocycles. The van der Waals surface area contributed by atoms with Gasteiger partial charge in [0.2, 0.25) is 5.69 Å². The molecule has 0 heterocycles. The SMILES string of the molecule is COc1ccc(C(CC(=O)O)CC(=O)O)cc1[NH+]([O-])O. The quantitative estimate of drug-likeness (QED) is 0.523. The first-order valence-corrected chi connectivity index (χ1v) is 5.70. The first kappa shape index (κ1) is 15.9. The number of nitrogens with one attached hydrogen (secondary N) is 1. The number of aliphatic carboxylic acids is 2. The van der Waals surface area contributed by atoms with E-state index in [1.165, 1.54) is 25.3 Å². The molecule has 0 aliphatic rings. The Hall–Kier alpha value is -2.16. The zero-order valence-electron chi connectivity index (χ0n) is 10.7. The van der Waals surface area contributed by atoms with Crippen molar-refractivity contribution in [3.8, 4) is 5.75 Å². The molecule has 8 nitrogen and oxygen atoms in total. The van der Waals surface area contributed by atoms with E-state index in [-0.39, 0.29) is 11.4 Å². The summed E-state index contributed by atoms with van der Waals surface area (Å²) in [6, 6.07) is 4.11. The predicted octanol–water partition coefficient (Wildman–Crippen LogP) is 0.132. The Balaban J connectivity index is 3.15. The Morgan fingerprint density at radius 1 is 1.30 bits per heavy atom. The van der Waals surface area contributed by atoms with Gasteiger partial charge in [-0.25, -0.2) is 5.21 Å². The molecule has 0 bridgehead atoms. The summed E-state index contributed by atoms with van der Waals surface area (Å²) >= 11 is 0. The zero-order chi connectivity index (χ0) is 15.3. The zero-order valence-corrected chi connectivity index (χ0v) is 10.7. The molecule has 1 unspecified atom stereocenters. The molecule has 1 aromatic rings. The van der Waals surface area contributed by atoms with Crippen LogP contribution < -0.4 is 9.96 Å². The van der Waals surface area contributed by atoms with Crippen LogP contribution in [0.3, 0.4) is 0 Å². The van der Waals surface area contributed by atoms with E-state index >= 15 is 0 Å². The van der Waals surface area contributed by atoms with Gasteiger partial charge in [0.25, 0.3) is 0 Å². The molecule has 0 saturated heterocycles.